The lowest BCUT2D eigenvalue weighted by Crippen LogP contribution is -2.49. The Hall–Kier alpha value is -2.37. The number of carbonyl (C=O) groups is 1. The number of likely N-dealkylation sites (N-methyl/N-ethyl adjacent to an activating group) is 1. The summed E-state index contributed by atoms with van der Waals surface area (Å²) in [5.41, 5.74) is 1.66. The van der Waals surface area contributed by atoms with Crippen LogP contribution in [0.5, 0.6) is 0 Å². The Morgan fingerprint density at radius 3 is 2.07 bits per heavy atom. The second-order valence-electron chi connectivity index (χ2n) is 8.22. The standard InChI is InChI=1S/C23H25N3O2.ClH/c1-25(17-12-15-10-11-16(13-17)24-15)22(27)14-26-20-8-4-2-6-18(20)23(28)19-7-3-5-9-21(19)26;/h2-9,15-17,24H,10-14H2,1H3;1H. The number of nitrogens with one attached hydrogen (secondary N) is 1. The number of para-hydroxylation sites is 2. The van der Waals surface area contributed by atoms with Crippen LogP contribution in [0.2, 0.25) is 0 Å². The molecule has 3 aromatic rings. The fourth-order valence-corrected chi connectivity index (χ4v) is 5.04. The van der Waals surface area contributed by atoms with E-state index in [1.807, 2.05) is 65.0 Å². The molecular formula is C23H26ClN3O2. The van der Waals surface area contributed by atoms with Crippen LogP contribution in [0.25, 0.3) is 21.8 Å². The van der Waals surface area contributed by atoms with Gasteiger partial charge in [-0.1, -0.05) is 24.3 Å². The quantitative estimate of drug-likeness (QED) is 0.673. The van der Waals surface area contributed by atoms with Crippen molar-refractivity contribution in [3.63, 3.8) is 0 Å². The highest BCUT2D eigenvalue weighted by Gasteiger charge is 2.36. The van der Waals surface area contributed by atoms with Crippen LogP contribution in [0.3, 0.4) is 0 Å². The molecule has 1 amide bonds. The number of rotatable bonds is 3. The number of piperidine rings is 1. The molecule has 5 rings (SSSR count). The fourth-order valence-electron chi connectivity index (χ4n) is 5.04. The molecular weight excluding hydrogens is 386 g/mol. The summed E-state index contributed by atoms with van der Waals surface area (Å²) >= 11 is 0. The zero-order chi connectivity index (χ0) is 19.3. The minimum absolute atomic E-state index is 0. The van der Waals surface area contributed by atoms with Crippen molar-refractivity contribution in [2.45, 2.75) is 50.4 Å². The summed E-state index contributed by atoms with van der Waals surface area (Å²) < 4.78 is 2.00. The maximum Gasteiger partial charge on any atom is 0.242 e. The Labute approximate surface area is 176 Å². The highest BCUT2D eigenvalue weighted by Crippen LogP contribution is 2.29. The van der Waals surface area contributed by atoms with Gasteiger partial charge in [0.25, 0.3) is 0 Å². The summed E-state index contributed by atoms with van der Waals surface area (Å²) in [5, 5.41) is 4.97. The van der Waals surface area contributed by atoms with Crippen LogP contribution >= 0.6 is 12.4 Å². The summed E-state index contributed by atoms with van der Waals surface area (Å²) in [4.78, 5) is 28.0. The Morgan fingerprint density at radius 1 is 1.00 bits per heavy atom. The van der Waals surface area contributed by atoms with Gasteiger partial charge >= 0.3 is 0 Å². The first-order valence-corrected chi connectivity index (χ1v) is 10.1. The summed E-state index contributed by atoms with van der Waals surface area (Å²) in [5.74, 6) is 0.102. The predicted molar refractivity (Wildman–Crippen MR) is 119 cm³/mol. The second kappa shape index (κ2) is 7.81. The number of aromatic nitrogens is 1. The van der Waals surface area contributed by atoms with E-state index in [0.717, 1.165) is 23.9 Å². The summed E-state index contributed by atoms with van der Waals surface area (Å²) in [7, 11) is 1.94. The molecule has 2 bridgehead atoms. The van der Waals surface area contributed by atoms with Crippen molar-refractivity contribution in [1.82, 2.24) is 14.8 Å². The SMILES string of the molecule is CN(C(=O)Cn1c2ccccc2c(=O)c2ccccc21)C1CC2CCC(C1)N2.Cl. The minimum Gasteiger partial charge on any atom is -0.341 e. The lowest BCUT2D eigenvalue weighted by atomic mass is 9.98. The minimum atomic E-state index is 0. The second-order valence-corrected chi connectivity index (χ2v) is 8.22. The van der Waals surface area contributed by atoms with Gasteiger partial charge in [-0.15, -0.1) is 12.4 Å². The van der Waals surface area contributed by atoms with E-state index in [-0.39, 0.29) is 30.3 Å². The van der Waals surface area contributed by atoms with Gasteiger partial charge in [0, 0.05) is 35.9 Å². The molecule has 0 radical (unpaired) electrons. The highest BCUT2D eigenvalue weighted by molar-refractivity contribution is 5.94. The van der Waals surface area contributed by atoms with E-state index in [0.29, 0.717) is 28.9 Å². The molecule has 5 nitrogen and oxygen atoms in total. The molecule has 2 fully saturated rings. The first-order valence-electron chi connectivity index (χ1n) is 10.1. The van der Waals surface area contributed by atoms with Crippen LogP contribution in [-0.2, 0) is 11.3 Å². The van der Waals surface area contributed by atoms with Gasteiger partial charge in [-0.05, 0) is 49.9 Å². The van der Waals surface area contributed by atoms with Gasteiger partial charge in [0.05, 0.1) is 11.0 Å². The molecule has 0 spiro atoms. The van der Waals surface area contributed by atoms with Crippen LogP contribution in [-0.4, -0.2) is 40.5 Å². The van der Waals surface area contributed by atoms with Crippen LogP contribution in [0.4, 0.5) is 0 Å². The van der Waals surface area contributed by atoms with E-state index in [4.69, 9.17) is 0 Å². The van der Waals surface area contributed by atoms with Gasteiger partial charge in [0.2, 0.25) is 5.91 Å². The van der Waals surface area contributed by atoms with Crippen molar-refractivity contribution >= 4 is 40.1 Å². The maximum atomic E-state index is 13.2. The van der Waals surface area contributed by atoms with Crippen molar-refractivity contribution in [2.75, 3.05) is 7.05 Å². The van der Waals surface area contributed by atoms with E-state index < -0.39 is 0 Å². The number of amides is 1. The van der Waals surface area contributed by atoms with E-state index in [1.54, 1.807) is 0 Å². The fraction of sp³-hybridized carbons (Fsp3) is 0.391. The molecule has 2 atom stereocenters. The van der Waals surface area contributed by atoms with E-state index in [1.165, 1.54) is 12.8 Å². The molecule has 0 aliphatic carbocycles. The molecule has 3 heterocycles. The molecule has 1 N–H and O–H groups in total. The number of carbonyl (C=O) groups excluding carboxylic acids is 1. The smallest absolute Gasteiger partial charge is 0.242 e. The third-order valence-corrected chi connectivity index (χ3v) is 6.56. The van der Waals surface area contributed by atoms with Crippen molar-refractivity contribution in [3.8, 4) is 0 Å². The van der Waals surface area contributed by atoms with Crippen molar-refractivity contribution in [3.05, 3.63) is 58.8 Å². The van der Waals surface area contributed by atoms with Gasteiger partial charge in [-0.2, -0.15) is 0 Å². The van der Waals surface area contributed by atoms with Crippen molar-refractivity contribution in [1.29, 1.82) is 0 Å². The summed E-state index contributed by atoms with van der Waals surface area (Å²) in [6.07, 6.45) is 4.51. The van der Waals surface area contributed by atoms with Gasteiger partial charge in [-0.3, -0.25) is 9.59 Å². The van der Waals surface area contributed by atoms with Crippen LogP contribution < -0.4 is 10.7 Å². The number of hydrogen-bond acceptors (Lipinski definition) is 3. The Bertz CT molecular complexity index is 1050. The zero-order valence-corrected chi connectivity index (χ0v) is 17.3. The monoisotopic (exact) mass is 411 g/mol. The van der Waals surface area contributed by atoms with Gasteiger partial charge in [-0.25, -0.2) is 0 Å². The van der Waals surface area contributed by atoms with Crippen LogP contribution in [0, 0.1) is 0 Å². The highest BCUT2D eigenvalue weighted by atomic mass is 35.5. The summed E-state index contributed by atoms with van der Waals surface area (Å²) in [6, 6.07) is 16.5. The zero-order valence-electron chi connectivity index (χ0n) is 16.5. The van der Waals surface area contributed by atoms with Gasteiger partial charge in [0.15, 0.2) is 5.43 Å². The largest absolute Gasteiger partial charge is 0.341 e. The number of halogens is 1. The maximum absolute atomic E-state index is 13.2. The molecule has 2 aromatic carbocycles. The van der Waals surface area contributed by atoms with Gasteiger partial charge in [0.1, 0.15) is 6.54 Å². The van der Waals surface area contributed by atoms with E-state index in [9.17, 15) is 9.59 Å². The molecule has 2 unspecified atom stereocenters. The first kappa shape index (κ1) is 19.9. The van der Waals surface area contributed by atoms with Gasteiger partial charge < -0.3 is 14.8 Å². The summed E-state index contributed by atoms with van der Waals surface area (Å²) in [6.45, 7) is 0.247. The Kier molecular flexibility index (Phi) is 5.36. The lowest BCUT2D eigenvalue weighted by molar-refractivity contribution is -0.133. The average Bonchev–Trinajstić information content (AvgIpc) is 3.07. The molecule has 2 aliphatic rings. The topological polar surface area (TPSA) is 54.3 Å². The molecule has 29 heavy (non-hydrogen) atoms. The van der Waals surface area contributed by atoms with E-state index >= 15 is 0 Å². The number of pyridine rings is 1. The normalized spacial score (nSPS) is 23.1. The Morgan fingerprint density at radius 2 is 1.52 bits per heavy atom. The molecule has 1 aromatic heterocycles. The van der Waals surface area contributed by atoms with Crippen molar-refractivity contribution < 1.29 is 4.79 Å². The average molecular weight is 412 g/mol. The third-order valence-electron chi connectivity index (χ3n) is 6.56. The number of fused-ring (bicyclic) bond motifs is 4. The molecule has 2 saturated heterocycles. The number of nitrogens with zero attached hydrogens (tertiary/aromatic N) is 2. The molecule has 0 saturated carbocycles. The first-order chi connectivity index (χ1) is 13.6. The third kappa shape index (κ3) is 3.43. The predicted octanol–water partition coefficient (Wildman–Crippen LogP) is 3.32. The van der Waals surface area contributed by atoms with Crippen LogP contribution in [0.1, 0.15) is 25.7 Å². The number of hydrogen-bond donors (Lipinski definition) is 1. The lowest BCUT2D eigenvalue weighted by Gasteiger charge is -2.36. The molecule has 2 aliphatic heterocycles. The van der Waals surface area contributed by atoms with Crippen LogP contribution in [0.15, 0.2) is 53.3 Å². The Balaban J connectivity index is 0.00000205. The van der Waals surface area contributed by atoms with E-state index in [2.05, 4.69) is 5.32 Å². The van der Waals surface area contributed by atoms with Crippen molar-refractivity contribution in [2.24, 2.45) is 0 Å². The molecule has 6 heteroatoms. The number of benzene rings is 2. The molecule has 152 valence electrons.